The van der Waals surface area contributed by atoms with Crippen molar-refractivity contribution >= 4 is 17.5 Å². The van der Waals surface area contributed by atoms with Crippen LogP contribution in [0.1, 0.15) is 15.9 Å². The Balaban J connectivity index is 2.04. The van der Waals surface area contributed by atoms with Crippen molar-refractivity contribution in [3.8, 4) is 5.88 Å². The second-order valence-corrected chi connectivity index (χ2v) is 4.42. The molecule has 1 aromatic carbocycles. The summed E-state index contributed by atoms with van der Waals surface area (Å²) in [6, 6.07) is 7.12. The van der Waals surface area contributed by atoms with E-state index in [0.717, 1.165) is 11.6 Å². The van der Waals surface area contributed by atoms with Gasteiger partial charge in [-0.15, -0.1) is 0 Å². The van der Waals surface area contributed by atoms with Crippen LogP contribution in [0.2, 0.25) is 5.02 Å². The number of benzene rings is 1. The first kappa shape index (κ1) is 14.3. The number of methoxy groups -OCH3 is 1. The molecule has 0 fully saturated rings. The van der Waals surface area contributed by atoms with Crippen molar-refractivity contribution in [1.29, 1.82) is 0 Å². The van der Waals surface area contributed by atoms with Gasteiger partial charge in [-0.05, 0) is 29.8 Å². The van der Waals surface area contributed by atoms with Gasteiger partial charge in [-0.3, -0.25) is 4.79 Å². The van der Waals surface area contributed by atoms with Gasteiger partial charge in [0.15, 0.2) is 0 Å². The number of ether oxygens (including phenoxy) is 1. The van der Waals surface area contributed by atoms with Crippen LogP contribution in [-0.4, -0.2) is 18.0 Å². The number of hydrogen-bond acceptors (Lipinski definition) is 3. The van der Waals surface area contributed by atoms with Crippen LogP contribution in [0.3, 0.4) is 0 Å². The molecule has 0 bridgehead atoms. The van der Waals surface area contributed by atoms with Gasteiger partial charge in [0, 0.05) is 18.8 Å². The number of carbonyl (C=O) groups is 1. The lowest BCUT2D eigenvalue weighted by Gasteiger charge is -2.07. The Bertz CT molecular complexity index is 634. The van der Waals surface area contributed by atoms with Gasteiger partial charge in [-0.25, -0.2) is 9.37 Å². The first-order valence-corrected chi connectivity index (χ1v) is 6.20. The summed E-state index contributed by atoms with van der Waals surface area (Å²) >= 11 is 5.82. The highest BCUT2D eigenvalue weighted by molar-refractivity contribution is 6.33. The van der Waals surface area contributed by atoms with E-state index >= 15 is 0 Å². The molecule has 0 aliphatic heterocycles. The Morgan fingerprint density at radius 3 is 2.90 bits per heavy atom. The summed E-state index contributed by atoms with van der Waals surface area (Å²) in [7, 11) is 1.52. The van der Waals surface area contributed by atoms with Crippen molar-refractivity contribution in [1.82, 2.24) is 10.3 Å². The molecule has 0 spiro atoms. The van der Waals surface area contributed by atoms with E-state index in [4.69, 9.17) is 16.3 Å². The first-order valence-electron chi connectivity index (χ1n) is 5.82. The molecule has 0 atom stereocenters. The summed E-state index contributed by atoms with van der Waals surface area (Å²) in [6.07, 6.45) is 1.59. The zero-order valence-corrected chi connectivity index (χ0v) is 11.4. The van der Waals surface area contributed by atoms with Gasteiger partial charge < -0.3 is 10.1 Å². The number of nitrogens with zero attached hydrogens (tertiary/aromatic N) is 1. The normalized spacial score (nSPS) is 10.2. The van der Waals surface area contributed by atoms with Crippen LogP contribution in [0, 0.1) is 5.82 Å². The fraction of sp³-hybridized carbons (Fsp3) is 0.143. The lowest BCUT2D eigenvalue weighted by Crippen LogP contribution is -2.23. The molecule has 0 saturated heterocycles. The van der Waals surface area contributed by atoms with Crippen molar-refractivity contribution in [2.24, 2.45) is 0 Å². The molecule has 20 heavy (non-hydrogen) atoms. The maximum absolute atomic E-state index is 12.9. The minimum atomic E-state index is -0.481. The number of amides is 1. The molecule has 6 heteroatoms. The third-order valence-corrected chi connectivity index (χ3v) is 2.95. The summed E-state index contributed by atoms with van der Waals surface area (Å²) in [5, 5.41) is 2.78. The zero-order chi connectivity index (χ0) is 14.5. The Morgan fingerprint density at radius 2 is 2.20 bits per heavy atom. The molecule has 1 N–H and O–H groups in total. The molecule has 0 aliphatic rings. The average molecular weight is 295 g/mol. The highest BCUT2D eigenvalue weighted by Crippen LogP contribution is 2.17. The van der Waals surface area contributed by atoms with Crippen molar-refractivity contribution in [3.05, 3.63) is 58.5 Å². The molecule has 2 aromatic rings. The van der Waals surface area contributed by atoms with Crippen molar-refractivity contribution < 1.29 is 13.9 Å². The second kappa shape index (κ2) is 6.34. The molecular formula is C14H12ClFN2O2. The molecule has 4 nitrogen and oxygen atoms in total. The smallest absolute Gasteiger partial charge is 0.253 e. The van der Waals surface area contributed by atoms with E-state index in [1.165, 1.54) is 19.2 Å². The van der Waals surface area contributed by atoms with Gasteiger partial charge in [-0.2, -0.15) is 0 Å². The molecule has 1 amide bonds. The van der Waals surface area contributed by atoms with Crippen LogP contribution in [0.25, 0.3) is 0 Å². The predicted octanol–water partition coefficient (Wildman–Crippen LogP) is 2.81. The fourth-order valence-corrected chi connectivity index (χ4v) is 1.88. The number of nitrogens with one attached hydrogen (secondary N) is 1. The van der Waals surface area contributed by atoms with Crippen molar-refractivity contribution in [3.63, 3.8) is 0 Å². The van der Waals surface area contributed by atoms with Crippen LogP contribution in [0.4, 0.5) is 4.39 Å². The SMILES string of the molecule is COc1cc(CNC(=O)c2ccc(F)cc2Cl)ccn1. The van der Waals surface area contributed by atoms with Gasteiger partial charge in [0.2, 0.25) is 5.88 Å². The third kappa shape index (κ3) is 3.45. The summed E-state index contributed by atoms with van der Waals surface area (Å²) in [6.45, 7) is 0.297. The van der Waals surface area contributed by atoms with Crippen LogP contribution < -0.4 is 10.1 Å². The Morgan fingerprint density at radius 1 is 1.40 bits per heavy atom. The number of hydrogen-bond donors (Lipinski definition) is 1. The molecule has 1 heterocycles. The van der Waals surface area contributed by atoms with E-state index in [-0.39, 0.29) is 16.5 Å². The molecular weight excluding hydrogens is 283 g/mol. The summed E-state index contributed by atoms with van der Waals surface area (Å²) in [5.74, 6) is -0.382. The Hall–Kier alpha value is -2.14. The molecule has 0 unspecified atom stereocenters. The number of rotatable bonds is 4. The summed E-state index contributed by atoms with van der Waals surface area (Å²) in [4.78, 5) is 15.9. The Kier molecular flexibility index (Phi) is 4.53. The highest BCUT2D eigenvalue weighted by atomic mass is 35.5. The molecule has 104 valence electrons. The maximum atomic E-state index is 12.9. The second-order valence-electron chi connectivity index (χ2n) is 4.01. The lowest BCUT2D eigenvalue weighted by molar-refractivity contribution is 0.0951. The minimum Gasteiger partial charge on any atom is -0.481 e. The van der Waals surface area contributed by atoms with Crippen LogP contribution in [-0.2, 0) is 6.54 Å². The van der Waals surface area contributed by atoms with Crippen LogP contribution in [0.5, 0.6) is 5.88 Å². The predicted molar refractivity (Wildman–Crippen MR) is 73.4 cm³/mol. The maximum Gasteiger partial charge on any atom is 0.253 e. The monoisotopic (exact) mass is 294 g/mol. The minimum absolute atomic E-state index is 0.0785. The quantitative estimate of drug-likeness (QED) is 0.943. The van der Waals surface area contributed by atoms with Crippen LogP contribution >= 0.6 is 11.6 Å². The van der Waals surface area contributed by atoms with Crippen molar-refractivity contribution in [2.75, 3.05) is 7.11 Å². The summed E-state index contributed by atoms with van der Waals surface area (Å²) < 4.78 is 17.9. The number of carbonyl (C=O) groups excluding carboxylic acids is 1. The van der Waals surface area contributed by atoms with Gasteiger partial charge in [-0.1, -0.05) is 11.6 Å². The lowest BCUT2D eigenvalue weighted by atomic mass is 10.2. The standard InChI is InChI=1S/C14H12ClFN2O2/c1-20-13-6-9(4-5-17-13)8-18-14(19)11-3-2-10(16)7-12(11)15/h2-7H,8H2,1H3,(H,18,19). The highest BCUT2D eigenvalue weighted by Gasteiger charge is 2.10. The molecule has 0 aliphatic carbocycles. The molecule has 0 radical (unpaired) electrons. The third-order valence-electron chi connectivity index (χ3n) is 2.64. The fourth-order valence-electron chi connectivity index (χ4n) is 1.62. The number of halogens is 2. The molecule has 1 aromatic heterocycles. The van der Waals surface area contributed by atoms with E-state index in [2.05, 4.69) is 10.3 Å². The van der Waals surface area contributed by atoms with Crippen LogP contribution in [0.15, 0.2) is 36.5 Å². The largest absolute Gasteiger partial charge is 0.481 e. The van der Waals surface area contributed by atoms with E-state index in [9.17, 15) is 9.18 Å². The van der Waals surface area contributed by atoms with E-state index < -0.39 is 5.82 Å². The first-order chi connectivity index (χ1) is 9.60. The average Bonchev–Trinajstić information content (AvgIpc) is 2.45. The number of aromatic nitrogens is 1. The summed E-state index contributed by atoms with van der Waals surface area (Å²) in [5.41, 5.74) is 1.07. The van der Waals surface area contributed by atoms with E-state index in [1.54, 1.807) is 18.3 Å². The van der Waals surface area contributed by atoms with E-state index in [0.29, 0.717) is 12.4 Å². The van der Waals surface area contributed by atoms with Gasteiger partial charge >= 0.3 is 0 Å². The zero-order valence-electron chi connectivity index (χ0n) is 10.7. The van der Waals surface area contributed by atoms with Gasteiger partial charge in [0.05, 0.1) is 17.7 Å². The topological polar surface area (TPSA) is 51.2 Å². The Labute approximate surface area is 120 Å². The molecule has 0 saturated carbocycles. The number of pyridine rings is 1. The van der Waals surface area contributed by atoms with Gasteiger partial charge in [0.25, 0.3) is 5.91 Å². The van der Waals surface area contributed by atoms with Crippen molar-refractivity contribution in [2.45, 2.75) is 6.54 Å². The van der Waals surface area contributed by atoms with Gasteiger partial charge in [0.1, 0.15) is 5.82 Å². The molecule has 2 rings (SSSR count). The van der Waals surface area contributed by atoms with E-state index in [1.807, 2.05) is 0 Å².